The van der Waals surface area contributed by atoms with Crippen molar-refractivity contribution in [2.45, 2.75) is 19.9 Å². The lowest BCUT2D eigenvalue weighted by molar-refractivity contribution is -0.385. The molecule has 2 aromatic rings. The summed E-state index contributed by atoms with van der Waals surface area (Å²) in [5, 5.41) is 13.9. The van der Waals surface area contributed by atoms with Crippen molar-refractivity contribution in [2.24, 2.45) is 0 Å². The number of benzene rings is 2. The summed E-state index contributed by atoms with van der Waals surface area (Å²) in [5.41, 5.74) is 2.05. The zero-order valence-corrected chi connectivity index (χ0v) is 11.3. The van der Waals surface area contributed by atoms with E-state index in [2.05, 4.69) is 5.32 Å². The molecule has 0 fully saturated rings. The van der Waals surface area contributed by atoms with Gasteiger partial charge in [0.25, 0.3) is 12.1 Å². The number of nitro groups is 1. The van der Waals surface area contributed by atoms with Gasteiger partial charge in [-0.3, -0.25) is 10.1 Å². The van der Waals surface area contributed by atoms with Crippen LogP contribution in [0.4, 0.5) is 20.2 Å². The first-order valence-corrected chi connectivity index (χ1v) is 6.33. The number of rotatable bonds is 5. The van der Waals surface area contributed by atoms with Crippen LogP contribution < -0.4 is 5.32 Å². The molecule has 0 aliphatic rings. The van der Waals surface area contributed by atoms with Gasteiger partial charge < -0.3 is 5.32 Å². The number of alkyl halides is 2. The van der Waals surface area contributed by atoms with Crippen LogP contribution in [0.15, 0.2) is 42.5 Å². The van der Waals surface area contributed by atoms with E-state index in [4.69, 9.17) is 0 Å². The van der Waals surface area contributed by atoms with Gasteiger partial charge in [-0.1, -0.05) is 30.3 Å². The molecule has 0 spiro atoms. The molecule has 0 saturated heterocycles. The average molecular weight is 292 g/mol. The van der Waals surface area contributed by atoms with Gasteiger partial charge in [-0.15, -0.1) is 0 Å². The van der Waals surface area contributed by atoms with Gasteiger partial charge in [0.2, 0.25) is 0 Å². The van der Waals surface area contributed by atoms with Crippen molar-refractivity contribution >= 4 is 11.4 Å². The number of hydrogen-bond acceptors (Lipinski definition) is 3. The second kappa shape index (κ2) is 6.30. The first-order chi connectivity index (χ1) is 9.97. The minimum atomic E-state index is -2.48. The number of nitrogens with one attached hydrogen (secondary N) is 1. The molecule has 0 bridgehead atoms. The van der Waals surface area contributed by atoms with Crippen LogP contribution >= 0.6 is 0 Å². The Bertz CT molecular complexity index is 643. The highest BCUT2D eigenvalue weighted by atomic mass is 19.3. The molecule has 1 N–H and O–H groups in total. The van der Waals surface area contributed by atoms with E-state index in [-0.39, 0.29) is 11.3 Å². The predicted octanol–water partition coefficient (Wildman–Crippen LogP) is 4.45. The van der Waals surface area contributed by atoms with Gasteiger partial charge in [-0.2, -0.15) is 0 Å². The molecular formula is C15H14F2N2O2. The largest absolute Gasteiger partial charge is 0.381 e. The minimum Gasteiger partial charge on any atom is -0.381 e. The number of halogens is 2. The Morgan fingerprint density at radius 3 is 2.43 bits per heavy atom. The highest BCUT2D eigenvalue weighted by Gasteiger charge is 2.11. The molecule has 0 aliphatic carbocycles. The highest BCUT2D eigenvalue weighted by Crippen LogP contribution is 2.23. The third kappa shape index (κ3) is 3.75. The zero-order chi connectivity index (χ0) is 15.4. The standard InChI is InChI=1S/C15H14F2N2O2/c1-10-2-7-13(8-14(10)19(20)21)18-9-11-3-5-12(6-4-11)15(16)17/h2-8,15,18H,9H2,1H3. The normalized spacial score (nSPS) is 10.7. The fourth-order valence-corrected chi connectivity index (χ4v) is 1.90. The van der Waals surface area contributed by atoms with Gasteiger partial charge in [-0.25, -0.2) is 8.78 Å². The Hall–Kier alpha value is -2.50. The Morgan fingerprint density at radius 2 is 1.86 bits per heavy atom. The van der Waals surface area contributed by atoms with Crippen LogP contribution in [0.3, 0.4) is 0 Å². The van der Waals surface area contributed by atoms with Gasteiger partial charge in [0, 0.05) is 29.4 Å². The summed E-state index contributed by atoms with van der Waals surface area (Å²) in [6.07, 6.45) is -2.48. The first-order valence-electron chi connectivity index (χ1n) is 6.33. The van der Waals surface area contributed by atoms with Crippen molar-refractivity contribution in [3.8, 4) is 0 Å². The van der Waals surface area contributed by atoms with E-state index >= 15 is 0 Å². The number of anilines is 1. The summed E-state index contributed by atoms with van der Waals surface area (Å²) >= 11 is 0. The molecule has 0 aromatic heterocycles. The van der Waals surface area contributed by atoms with E-state index in [1.165, 1.54) is 18.2 Å². The monoisotopic (exact) mass is 292 g/mol. The number of nitrogens with zero attached hydrogens (tertiary/aromatic N) is 1. The molecule has 0 heterocycles. The van der Waals surface area contributed by atoms with E-state index in [1.807, 2.05) is 0 Å². The van der Waals surface area contributed by atoms with E-state index in [0.717, 1.165) is 5.56 Å². The lowest BCUT2D eigenvalue weighted by atomic mass is 10.1. The van der Waals surface area contributed by atoms with Crippen LogP contribution in [0.1, 0.15) is 23.1 Å². The summed E-state index contributed by atoms with van der Waals surface area (Å²) in [6, 6.07) is 10.8. The molecule has 0 saturated carbocycles. The Balaban J connectivity index is 2.06. The van der Waals surface area contributed by atoms with Crippen LogP contribution in [0.2, 0.25) is 0 Å². The second-order valence-electron chi connectivity index (χ2n) is 4.65. The minimum absolute atomic E-state index is 0.0234. The van der Waals surface area contributed by atoms with Crippen molar-refractivity contribution in [2.75, 3.05) is 5.32 Å². The number of hydrogen-bond donors (Lipinski definition) is 1. The highest BCUT2D eigenvalue weighted by molar-refractivity contribution is 5.55. The quantitative estimate of drug-likeness (QED) is 0.654. The second-order valence-corrected chi connectivity index (χ2v) is 4.65. The van der Waals surface area contributed by atoms with E-state index in [9.17, 15) is 18.9 Å². The Kier molecular flexibility index (Phi) is 4.47. The summed E-state index contributed by atoms with van der Waals surface area (Å²) < 4.78 is 24.9. The first kappa shape index (κ1) is 14.9. The predicted molar refractivity (Wildman–Crippen MR) is 76.6 cm³/mol. The fourth-order valence-electron chi connectivity index (χ4n) is 1.90. The van der Waals surface area contributed by atoms with Crippen LogP contribution in [0.25, 0.3) is 0 Å². The fraction of sp³-hybridized carbons (Fsp3) is 0.200. The van der Waals surface area contributed by atoms with Gasteiger partial charge in [-0.05, 0) is 18.6 Å². The molecule has 21 heavy (non-hydrogen) atoms. The average Bonchev–Trinajstić information content (AvgIpc) is 2.46. The molecule has 0 unspecified atom stereocenters. The summed E-state index contributed by atoms with van der Waals surface area (Å²) in [6.45, 7) is 2.08. The molecule has 0 amide bonds. The lowest BCUT2D eigenvalue weighted by Crippen LogP contribution is -2.01. The van der Waals surface area contributed by atoms with Crippen molar-refractivity contribution in [3.63, 3.8) is 0 Å². The Morgan fingerprint density at radius 1 is 1.19 bits per heavy atom. The zero-order valence-electron chi connectivity index (χ0n) is 11.3. The molecule has 110 valence electrons. The van der Waals surface area contributed by atoms with Gasteiger partial charge in [0.1, 0.15) is 0 Å². The Labute approximate surface area is 120 Å². The molecular weight excluding hydrogens is 278 g/mol. The van der Waals surface area contributed by atoms with Crippen LogP contribution in [0.5, 0.6) is 0 Å². The van der Waals surface area contributed by atoms with Crippen molar-refractivity contribution in [3.05, 3.63) is 69.3 Å². The van der Waals surface area contributed by atoms with E-state index in [1.54, 1.807) is 31.2 Å². The maximum Gasteiger partial charge on any atom is 0.274 e. The number of aryl methyl sites for hydroxylation is 1. The molecule has 2 rings (SSSR count). The molecule has 0 aliphatic heterocycles. The van der Waals surface area contributed by atoms with E-state index < -0.39 is 11.3 Å². The van der Waals surface area contributed by atoms with Gasteiger partial charge in [0.15, 0.2) is 0 Å². The van der Waals surface area contributed by atoms with Crippen molar-refractivity contribution < 1.29 is 13.7 Å². The molecule has 0 atom stereocenters. The lowest BCUT2D eigenvalue weighted by Gasteiger charge is -2.08. The smallest absolute Gasteiger partial charge is 0.274 e. The summed E-state index contributed by atoms with van der Waals surface area (Å²) in [4.78, 5) is 10.4. The topological polar surface area (TPSA) is 55.2 Å². The third-order valence-corrected chi connectivity index (χ3v) is 3.13. The SMILES string of the molecule is Cc1ccc(NCc2ccc(C(F)F)cc2)cc1[N+](=O)[O-]. The molecule has 2 aromatic carbocycles. The van der Waals surface area contributed by atoms with Gasteiger partial charge >= 0.3 is 0 Å². The maximum absolute atomic E-state index is 12.4. The third-order valence-electron chi connectivity index (χ3n) is 3.13. The van der Waals surface area contributed by atoms with Crippen LogP contribution in [0, 0.1) is 17.0 Å². The molecule has 4 nitrogen and oxygen atoms in total. The van der Waals surface area contributed by atoms with E-state index in [0.29, 0.717) is 17.8 Å². The number of nitro benzene ring substituents is 1. The van der Waals surface area contributed by atoms with Crippen LogP contribution in [-0.4, -0.2) is 4.92 Å². The summed E-state index contributed by atoms with van der Waals surface area (Å²) in [5.74, 6) is 0. The summed E-state index contributed by atoms with van der Waals surface area (Å²) in [7, 11) is 0. The van der Waals surface area contributed by atoms with Crippen molar-refractivity contribution in [1.82, 2.24) is 0 Å². The van der Waals surface area contributed by atoms with Crippen LogP contribution in [-0.2, 0) is 6.54 Å². The van der Waals surface area contributed by atoms with Crippen molar-refractivity contribution in [1.29, 1.82) is 0 Å². The molecule has 6 heteroatoms. The van der Waals surface area contributed by atoms with Gasteiger partial charge in [0.05, 0.1) is 4.92 Å². The maximum atomic E-state index is 12.4. The molecule has 0 radical (unpaired) electrons.